The predicted molar refractivity (Wildman–Crippen MR) is 105 cm³/mol. The van der Waals surface area contributed by atoms with Crippen molar-refractivity contribution < 1.29 is 9.90 Å². The predicted octanol–water partition coefficient (Wildman–Crippen LogP) is 4.15. The Kier molecular flexibility index (Phi) is 5.50. The molecule has 0 aliphatic heterocycles. The van der Waals surface area contributed by atoms with Crippen molar-refractivity contribution in [2.24, 2.45) is 5.10 Å². The highest BCUT2D eigenvalue weighted by Crippen LogP contribution is 2.37. The lowest BCUT2D eigenvalue weighted by atomic mass is 9.79. The Morgan fingerprint density at radius 2 is 1.85 bits per heavy atom. The standard InChI is InChI=1S/C21H27N3O2/c1-20(2,3)16-10-15(18(25)17(11-16)21(4,5)6)13-23-24-19(26)14-8-7-9-22-12-14/h7-13,25H,1-6H3,(H,24,26)/b23-13+. The molecule has 0 atom stereocenters. The van der Waals surface area contributed by atoms with Crippen LogP contribution in [-0.4, -0.2) is 22.2 Å². The summed E-state index contributed by atoms with van der Waals surface area (Å²) in [6.07, 6.45) is 4.55. The van der Waals surface area contributed by atoms with E-state index in [0.717, 1.165) is 11.1 Å². The van der Waals surface area contributed by atoms with E-state index in [1.165, 1.54) is 12.4 Å². The number of nitrogens with zero attached hydrogens (tertiary/aromatic N) is 2. The highest BCUT2D eigenvalue weighted by Gasteiger charge is 2.24. The zero-order valence-corrected chi connectivity index (χ0v) is 16.3. The molecule has 2 rings (SSSR count). The molecule has 2 aromatic rings. The fourth-order valence-electron chi connectivity index (χ4n) is 2.48. The van der Waals surface area contributed by atoms with Crippen molar-refractivity contribution in [3.63, 3.8) is 0 Å². The number of phenolic OH excluding ortho intramolecular Hbond substituents is 1. The first kappa shape index (κ1) is 19.6. The second-order valence-electron chi connectivity index (χ2n) is 8.40. The van der Waals surface area contributed by atoms with E-state index in [4.69, 9.17) is 0 Å². The monoisotopic (exact) mass is 353 g/mol. The molecule has 5 heteroatoms. The summed E-state index contributed by atoms with van der Waals surface area (Å²) in [4.78, 5) is 16.0. The van der Waals surface area contributed by atoms with Gasteiger partial charge in [0.05, 0.1) is 11.8 Å². The van der Waals surface area contributed by atoms with Crippen molar-refractivity contribution in [2.75, 3.05) is 0 Å². The summed E-state index contributed by atoms with van der Waals surface area (Å²) < 4.78 is 0. The van der Waals surface area contributed by atoms with Gasteiger partial charge in [-0.3, -0.25) is 9.78 Å². The number of aromatic hydroxyl groups is 1. The molecule has 0 aliphatic carbocycles. The first-order chi connectivity index (χ1) is 12.0. The Morgan fingerprint density at radius 1 is 1.15 bits per heavy atom. The number of benzene rings is 1. The molecule has 5 nitrogen and oxygen atoms in total. The van der Waals surface area contributed by atoms with Crippen LogP contribution in [0.3, 0.4) is 0 Å². The third-order valence-electron chi connectivity index (χ3n) is 4.11. The van der Waals surface area contributed by atoms with Crippen LogP contribution in [0, 0.1) is 0 Å². The van der Waals surface area contributed by atoms with Crippen molar-refractivity contribution in [3.05, 3.63) is 58.9 Å². The lowest BCUT2D eigenvalue weighted by Gasteiger charge is -2.26. The van der Waals surface area contributed by atoms with Gasteiger partial charge >= 0.3 is 0 Å². The molecule has 0 radical (unpaired) electrons. The van der Waals surface area contributed by atoms with Crippen LogP contribution in [-0.2, 0) is 10.8 Å². The van der Waals surface area contributed by atoms with Crippen LogP contribution in [0.1, 0.15) is 68.6 Å². The minimum Gasteiger partial charge on any atom is -0.507 e. The van der Waals surface area contributed by atoms with E-state index >= 15 is 0 Å². The molecule has 0 aliphatic rings. The van der Waals surface area contributed by atoms with Crippen LogP contribution >= 0.6 is 0 Å². The van der Waals surface area contributed by atoms with Crippen molar-refractivity contribution in [2.45, 2.75) is 52.4 Å². The molecule has 2 N–H and O–H groups in total. The highest BCUT2D eigenvalue weighted by molar-refractivity contribution is 5.94. The number of aromatic nitrogens is 1. The molecule has 0 fully saturated rings. The number of hydrazone groups is 1. The molecule has 0 saturated carbocycles. The Labute approximate surface area is 155 Å². The van der Waals surface area contributed by atoms with Crippen LogP contribution in [0.25, 0.3) is 0 Å². The van der Waals surface area contributed by atoms with Gasteiger partial charge in [0.1, 0.15) is 5.75 Å². The Hall–Kier alpha value is -2.69. The van der Waals surface area contributed by atoms with E-state index in [1.807, 2.05) is 12.1 Å². The molecule has 0 saturated heterocycles. The van der Waals surface area contributed by atoms with Gasteiger partial charge in [-0.1, -0.05) is 47.6 Å². The van der Waals surface area contributed by atoms with Gasteiger partial charge in [0.2, 0.25) is 0 Å². The van der Waals surface area contributed by atoms with E-state index in [-0.39, 0.29) is 22.5 Å². The number of pyridine rings is 1. The molecule has 26 heavy (non-hydrogen) atoms. The summed E-state index contributed by atoms with van der Waals surface area (Å²) >= 11 is 0. The molecule has 138 valence electrons. The van der Waals surface area contributed by atoms with Crippen LogP contribution in [0.2, 0.25) is 0 Å². The van der Waals surface area contributed by atoms with Gasteiger partial charge < -0.3 is 5.11 Å². The van der Waals surface area contributed by atoms with Gasteiger partial charge in [-0.25, -0.2) is 5.43 Å². The average Bonchev–Trinajstić information content (AvgIpc) is 2.55. The first-order valence-electron chi connectivity index (χ1n) is 8.61. The summed E-state index contributed by atoms with van der Waals surface area (Å²) in [6, 6.07) is 7.30. The zero-order valence-electron chi connectivity index (χ0n) is 16.3. The molecule has 0 unspecified atom stereocenters. The number of nitrogens with one attached hydrogen (secondary N) is 1. The molecular formula is C21H27N3O2. The molecule has 0 bridgehead atoms. The smallest absolute Gasteiger partial charge is 0.272 e. The SMILES string of the molecule is CC(C)(C)c1cc(/C=N/NC(=O)c2cccnc2)c(O)c(C(C)(C)C)c1. The minimum absolute atomic E-state index is 0.0742. The van der Waals surface area contributed by atoms with Crippen molar-refractivity contribution in [3.8, 4) is 5.75 Å². The molecule has 0 spiro atoms. The fourth-order valence-corrected chi connectivity index (χ4v) is 2.48. The molecular weight excluding hydrogens is 326 g/mol. The van der Waals surface area contributed by atoms with Crippen LogP contribution < -0.4 is 5.43 Å². The maximum absolute atomic E-state index is 12.0. The van der Waals surface area contributed by atoms with E-state index in [9.17, 15) is 9.90 Å². The maximum atomic E-state index is 12.0. The van der Waals surface area contributed by atoms with Gasteiger partial charge in [-0.2, -0.15) is 5.10 Å². The molecule has 1 aromatic heterocycles. The second-order valence-corrected chi connectivity index (χ2v) is 8.40. The number of amides is 1. The lowest BCUT2D eigenvalue weighted by molar-refractivity contribution is 0.0954. The molecule has 1 heterocycles. The Morgan fingerprint density at radius 3 is 2.38 bits per heavy atom. The molecule has 1 aromatic carbocycles. The fraction of sp³-hybridized carbons (Fsp3) is 0.381. The first-order valence-corrected chi connectivity index (χ1v) is 8.61. The summed E-state index contributed by atoms with van der Waals surface area (Å²) in [7, 11) is 0. The van der Waals surface area contributed by atoms with E-state index in [0.29, 0.717) is 11.1 Å². The summed E-state index contributed by atoms with van der Waals surface area (Å²) in [6.45, 7) is 12.5. The third kappa shape index (κ3) is 4.69. The van der Waals surface area contributed by atoms with E-state index < -0.39 is 0 Å². The van der Waals surface area contributed by atoms with E-state index in [2.05, 4.69) is 57.1 Å². The lowest BCUT2D eigenvalue weighted by Crippen LogP contribution is -2.19. The normalized spacial score (nSPS) is 12.4. The summed E-state index contributed by atoms with van der Waals surface area (Å²) in [5.41, 5.74) is 5.13. The van der Waals surface area contributed by atoms with Gasteiger partial charge in [0, 0.05) is 23.5 Å². The maximum Gasteiger partial charge on any atom is 0.272 e. The number of hydrogen-bond donors (Lipinski definition) is 2. The largest absolute Gasteiger partial charge is 0.507 e. The van der Waals surface area contributed by atoms with Crippen molar-refractivity contribution in [1.29, 1.82) is 0 Å². The number of hydrogen-bond acceptors (Lipinski definition) is 4. The van der Waals surface area contributed by atoms with Crippen molar-refractivity contribution in [1.82, 2.24) is 10.4 Å². The zero-order chi connectivity index (χ0) is 19.5. The number of rotatable bonds is 3. The van der Waals surface area contributed by atoms with Gasteiger partial charge in [0.15, 0.2) is 0 Å². The van der Waals surface area contributed by atoms with Crippen molar-refractivity contribution >= 4 is 12.1 Å². The van der Waals surface area contributed by atoms with Gasteiger partial charge in [-0.05, 0) is 34.6 Å². The van der Waals surface area contributed by atoms with Crippen LogP contribution in [0.15, 0.2) is 41.8 Å². The number of phenols is 1. The summed E-state index contributed by atoms with van der Waals surface area (Å²) in [5.74, 6) is -0.165. The van der Waals surface area contributed by atoms with Crippen LogP contribution in [0.4, 0.5) is 0 Å². The quantitative estimate of drug-likeness (QED) is 0.643. The third-order valence-corrected chi connectivity index (χ3v) is 4.11. The van der Waals surface area contributed by atoms with Gasteiger partial charge in [-0.15, -0.1) is 0 Å². The number of carbonyl (C=O) groups excluding carboxylic acids is 1. The number of carbonyl (C=O) groups is 1. The van der Waals surface area contributed by atoms with Gasteiger partial charge in [0.25, 0.3) is 5.91 Å². The second kappa shape index (κ2) is 7.28. The Bertz CT molecular complexity index is 814. The highest BCUT2D eigenvalue weighted by atomic mass is 16.3. The molecule has 1 amide bonds. The summed E-state index contributed by atoms with van der Waals surface area (Å²) in [5, 5.41) is 14.7. The minimum atomic E-state index is -0.350. The average molecular weight is 353 g/mol. The Balaban J connectivity index is 2.34. The van der Waals surface area contributed by atoms with E-state index in [1.54, 1.807) is 18.3 Å². The topological polar surface area (TPSA) is 74.6 Å². The van der Waals surface area contributed by atoms with Crippen LogP contribution in [0.5, 0.6) is 5.75 Å².